The highest BCUT2D eigenvalue weighted by Gasteiger charge is 2.15. The summed E-state index contributed by atoms with van der Waals surface area (Å²) in [7, 11) is 2.07. The Bertz CT molecular complexity index is 133. The Kier molecular flexibility index (Phi) is 4.70. The van der Waals surface area contributed by atoms with Gasteiger partial charge in [-0.2, -0.15) is 0 Å². The molecule has 1 atom stereocenters. The van der Waals surface area contributed by atoms with E-state index >= 15 is 0 Å². The summed E-state index contributed by atoms with van der Waals surface area (Å²) in [6.07, 6.45) is 2.12. The van der Waals surface area contributed by atoms with E-state index in [0.29, 0.717) is 0 Å². The molecule has 0 aromatic carbocycles. The molecule has 1 fully saturated rings. The van der Waals surface area contributed by atoms with Crippen LogP contribution in [0.3, 0.4) is 0 Å². The van der Waals surface area contributed by atoms with Crippen molar-refractivity contribution in [2.75, 3.05) is 33.4 Å². The Balaban J connectivity index is 2.14. The Morgan fingerprint density at radius 1 is 1.46 bits per heavy atom. The van der Waals surface area contributed by atoms with Gasteiger partial charge in [-0.05, 0) is 32.7 Å². The quantitative estimate of drug-likeness (QED) is 0.704. The van der Waals surface area contributed by atoms with Gasteiger partial charge in [-0.15, -0.1) is 0 Å². The van der Waals surface area contributed by atoms with Gasteiger partial charge in [0.2, 0.25) is 0 Å². The molecule has 0 amide bonds. The van der Waals surface area contributed by atoms with Crippen molar-refractivity contribution < 1.29 is 9.84 Å². The van der Waals surface area contributed by atoms with E-state index in [-0.39, 0.29) is 6.10 Å². The molecule has 0 aliphatic carbocycles. The summed E-state index contributed by atoms with van der Waals surface area (Å²) >= 11 is 0. The second-order valence-corrected chi connectivity index (χ2v) is 4.13. The molecule has 0 saturated carbocycles. The number of aliphatic hydroxyl groups is 1. The fraction of sp³-hybridized carbons (Fsp3) is 1.00. The smallest absolute Gasteiger partial charge is 0.0638 e. The number of likely N-dealkylation sites (N-methyl/N-ethyl adjacent to an activating group) is 1. The van der Waals surface area contributed by atoms with Crippen LogP contribution < -0.4 is 0 Å². The molecule has 1 heterocycles. The summed E-state index contributed by atoms with van der Waals surface area (Å²) in [4.78, 5) is 2.21. The minimum absolute atomic E-state index is 0.218. The Morgan fingerprint density at radius 2 is 2.08 bits per heavy atom. The number of aliphatic hydroxyl groups excluding tert-OH is 1. The van der Waals surface area contributed by atoms with Crippen LogP contribution in [0.4, 0.5) is 0 Å². The van der Waals surface area contributed by atoms with Crippen LogP contribution >= 0.6 is 0 Å². The fourth-order valence-electron chi connectivity index (χ4n) is 1.90. The molecule has 78 valence electrons. The highest BCUT2D eigenvalue weighted by molar-refractivity contribution is 4.68. The lowest BCUT2D eigenvalue weighted by atomic mass is 10.00. The first-order valence-corrected chi connectivity index (χ1v) is 5.13. The highest BCUT2D eigenvalue weighted by Crippen LogP contribution is 2.15. The van der Waals surface area contributed by atoms with E-state index in [0.717, 1.165) is 32.2 Å². The van der Waals surface area contributed by atoms with Crippen molar-refractivity contribution in [1.29, 1.82) is 0 Å². The van der Waals surface area contributed by atoms with Crippen LogP contribution in [0.15, 0.2) is 0 Å². The monoisotopic (exact) mass is 187 g/mol. The highest BCUT2D eigenvalue weighted by atomic mass is 16.5. The Morgan fingerprint density at radius 3 is 2.62 bits per heavy atom. The third kappa shape index (κ3) is 4.60. The number of rotatable bonds is 4. The third-order valence-corrected chi connectivity index (χ3v) is 2.49. The van der Waals surface area contributed by atoms with Crippen LogP contribution in [0.1, 0.15) is 19.8 Å². The minimum atomic E-state index is -0.218. The standard InChI is InChI=1S/C10H21NO2/c1-9(12)7-11(2)8-10-3-5-13-6-4-10/h9-10,12H,3-8H2,1-2H3. The molecule has 0 aromatic heterocycles. The number of nitrogens with zero attached hydrogens (tertiary/aromatic N) is 1. The van der Waals surface area contributed by atoms with E-state index in [4.69, 9.17) is 4.74 Å². The normalized spacial score (nSPS) is 22.2. The second-order valence-electron chi connectivity index (χ2n) is 4.13. The molecule has 1 unspecified atom stereocenters. The largest absolute Gasteiger partial charge is 0.392 e. The molecule has 3 nitrogen and oxygen atoms in total. The molecule has 1 aliphatic heterocycles. The lowest BCUT2D eigenvalue weighted by molar-refractivity contribution is 0.0495. The van der Waals surface area contributed by atoms with Crippen molar-refractivity contribution in [1.82, 2.24) is 4.90 Å². The molecule has 0 bridgehead atoms. The van der Waals surface area contributed by atoms with Gasteiger partial charge >= 0.3 is 0 Å². The van der Waals surface area contributed by atoms with Crippen molar-refractivity contribution in [2.45, 2.75) is 25.9 Å². The molecule has 1 saturated heterocycles. The van der Waals surface area contributed by atoms with Gasteiger partial charge in [0, 0.05) is 26.3 Å². The lowest BCUT2D eigenvalue weighted by Gasteiger charge is -2.27. The van der Waals surface area contributed by atoms with E-state index in [9.17, 15) is 5.11 Å². The first-order chi connectivity index (χ1) is 6.18. The predicted molar refractivity (Wildman–Crippen MR) is 52.7 cm³/mol. The average Bonchev–Trinajstić information content (AvgIpc) is 2.04. The van der Waals surface area contributed by atoms with Crippen LogP contribution in [0.5, 0.6) is 0 Å². The van der Waals surface area contributed by atoms with Gasteiger partial charge in [-0.1, -0.05) is 0 Å². The summed E-state index contributed by atoms with van der Waals surface area (Å²) < 4.78 is 5.29. The van der Waals surface area contributed by atoms with E-state index < -0.39 is 0 Å². The summed E-state index contributed by atoms with van der Waals surface area (Å²) in [6, 6.07) is 0. The average molecular weight is 187 g/mol. The van der Waals surface area contributed by atoms with Crippen LogP contribution in [-0.2, 0) is 4.74 Å². The van der Waals surface area contributed by atoms with E-state index in [2.05, 4.69) is 11.9 Å². The molecule has 3 heteroatoms. The maximum absolute atomic E-state index is 9.19. The fourth-order valence-corrected chi connectivity index (χ4v) is 1.90. The van der Waals surface area contributed by atoms with E-state index in [1.54, 1.807) is 0 Å². The zero-order valence-corrected chi connectivity index (χ0v) is 8.70. The number of ether oxygens (including phenoxy) is 1. The minimum Gasteiger partial charge on any atom is -0.392 e. The van der Waals surface area contributed by atoms with Crippen molar-refractivity contribution >= 4 is 0 Å². The molecule has 0 spiro atoms. The van der Waals surface area contributed by atoms with Gasteiger partial charge in [-0.3, -0.25) is 0 Å². The second kappa shape index (κ2) is 5.58. The summed E-state index contributed by atoms with van der Waals surface area (Å²) in [5.74, 6) is 0.762. The Labute approximate surface area is 80.7 Å². The van der Waals surface area contributed by atoms with Crippen LogP contribution in [0, 0.1) is 5.92 Å². The van der Waals surface area contributed by atoms with Gasteiger partial charge in [-0.25, -0.2) is 0 Å². The molecule has 0 radical (unpaired) electrons. The molecule has 1 rings (SSSR count). The maximum Gasteiger partial charge on any atom is 0.0638 e. The van der Waals surface area contributed by atoms with Crippen molar-refractivity contribution in [3.8, 4) is 0 Å². The summed E-state index contributed by atoms with van der Waals surface area (Å²) in [5, 5.41) is 9.19. The van der Waals surface area contributed by atoms with Gasteiger partial charge in [0.25, 0.3) is 0 Å². The lowest BCUT2D eigenvalue weighted by Crippen LogP contribution is -2.33. The molecule has 1 N–H and O–H groups in total. The summed E-state index contributed by atoms with van der Waals surface area (Å²) in [6.45, 7) is 5.52. The SMILES string of the molecule is CC(O)CN(C)CC1CCOCC1. The van der Waals surface area contributed by atoms with Crippen molar-refractivity contribution in [3.63, 3.8) is 0 Å². The molecular weight excluding hydrogens is 166 g/mol. The van der Waals surface area contributed by atoms with Gasteiger partial charge in [0.1, 0.15) is 0 Å². The van der Waals surface area contributed by atoms with E-state index in [1.165, 1.54) is 12.8 Å². The Hall–Kier alpha value is -0.120. The van der Waals surface area contributed by atoms with Gasteiger partial charge < -0.3 is 14.7 Å². The van der Waals surface area contributed by atoms with Gasteiger partial charge in [0.05, 0.1) is 6.10 Å². The molecule has 1 aliphatic rings. The zero-order chi connectivity index (χ0) is 9.68. The van der Waals surface area contributed by atoms with Crippen molar-refractivity contribution in [3.05, 3.63) is 0 Å². The molecular formula is C10H21NO2. The van der Waals surface area contributed by atoms with Crippen LogP contribution in [0.25, 0.3) is 0 Å². The zero-order valence-electron chi connectivity index (χ0n) is 8.70. The van der Waals surface area contributed by atoms with Crippen molar-refractivity contribution in [2.24, 2.45) is 5.92 Å². The first kappa shape index (κ1) is 11.0. The predicted octanol–water partition coefficient (Wildman–Crippen LogP) is 0.726. The van der Waals surface area contributed by atoms with Crippen LogP contribution in [0.2, 0.25) is 0 Å². The first-order valence-electron chi connectivity index (χ1n) is 5.13. The maximum atomic E-state index is 9.19. The van der Waals surface area contributed by atoms with Crippen LogP contribution in [-0.4, -0.2) is 49.5 Å². The third-order valence-electron chi connectivity index (χ3n) is 2.49. The molecule has 0 aromatic rings. The molecule has 13 heavy (non-hydrogen) atoms. The van der Waals surface area contributed by atoms with E-state index in [1.807, 2.05) is 6.92 Å². The topological polar surface area (TPSA) is 32.7 Å². The number of hydrogen-bond acceptors (Lipinski definition) is 3. The number of hydrogen-bond donors (Lipinski definition) is 1. The summed E-state index contributed by atoms with van der Waals surface area (Å²) in [5.41, 5.74) is 0. The van der Waals surface area contributed by atoms with Gasteiger partial charge in [0.15, 0.2) is 0 Å².